The van der Waals surface area contributed by atoms with Crippen molar-refractivity contribution < 1.29 is 9.72 Å². The molecule has 0 atom stereocenters. The third-order valence-electron chi connectivity index (χ3n) is 3.55. The zero-order valence-electron chi connectivity index (χ0n) is 11.3. The summed E-state index contributed by atoms with van der Waals surface area (Å²) in [6, 6.07) is 6.21. The minimum atomic E-state index is -0.448. The molecule has 6 nitrogen and oxygen atoms in total. The zero-order valence-corrected chi connectivity index (χ0v) is 11.3. The van der Waals surface area contributed by atoms with E-state index in [-0.39, 0.29) is 11.5 Å². The van der Waals surface area contributed by atoms with Gasteiger partial charge in [0.1, 0.15) is 0 Å². The molecule has 0 radical (unpaired) electrons. The van der Waals surface area contributed by atoms with E-state index in [2.05, 4.69) is 9.97 Å². The van der Waals surface area contributed by atoms with Gasteiger partial charge in [-0.3, -0.25) is 14.9 Å². The van der Waals surface area contributed by atoms with Gasteiger partial charge < -0.3 is 0 Å². The van der Waals surface area contributed by atoms with Gasteiger partial charge in [-0.05, 0) is 19.3 Å². The summed E-state index contributed by atoms with van der Waals surface area (Å²) in [7, 11) is 0. The number of hydrogen-bond donors (Lipinski definition) is 0. The van der Waals surface area contributed by atoms with E-state index in [4.69, 9.17) is 0 Å². The maximum absolute atomic E-state index is 11.9. The first-order chi connectivity index (χ1) is 10.1. The quantitative estimate of drug-likeness (QED) is 0.480. The summed E-state index contributed by atoms with van der Waals surface area (Å²) in [5.74, 6) is 0.500. The Balaban J connectivity index is 2.04. The lowest BCUT2D eigenvalue weighted by Crippen LogP contribution is -2.05. The highest BCUT2D eigenvalue weighted by Crippen LogP contribution is 2.24. The molecule has 0 N–H and O–H groups in total. The monoisotopic (exact) mass is 283 g/mol. The molecule has 1 aliphatic rings. The summed E-state index contributed by atoms with van der Waals surface area (Å²) in [4.78, 5) is 30.9. The number of fused-ring (bicyclic) bond motifs is 1. The number of aromatic nitrogens is 2. The molecule has 0 saturated carbocycles. The molecule has 1 heterocycles. The Morgan fingerprint density at radius 2 is 2.00 bits per heavy atom. The zero-order chi connectivity index (χ0) is 14.8. The first-order valence-electron chi connectivity index (χ1n) is 6.79. The number of hydrogen-bond acceptors (Lipinski definition) is 5. The number of benzene rings is 1. The summed E-state index contributed by atoms with van der Waals surface area (Å²) in [5.41, 5.74) is 1.92. The number of carbonyl (C=O) groups is 1. The van der Waals surface area contributed by atoms with Gasteiger partial charge in [-0.2, -0.15) is 0 Å². The molecule has 21 heavy (non-hydrogen) atoms. The van der Waals surface area contributed by atoms with Crippen LogP contribution in [0.5, 0.6) is 0 Å². The summed E-state index contributed by atoms with van der Waals surface area (Å²) < 4.78 is 0. The number of nitro benzene ring substituents is 1. The van der Waals surface area contributed by atoms with Crippen molar-refractivity contribution in [1.29, 1.82) is 0 Å². The molecular formula is C15H13N3O3. The van der Waals surface area contributed by atoms with Crippen LogP contribution in [0, 0.1) is 10.1 Å². The van der Waals surface area contributed by atoms with E-state index in [9.17, 15) is 14.9 Å². The standard InChI is InChI=1S/C15H13N3O3/c19-14-7-2-1-6-13-12(14)9-16-15(17-13)10-4-3-5-11(8-10)18(20)21/h3-5,8-9H,1-2,6-7H2. The Labute approximate surface area is 121 Å². The molecule has 1 aliphatic carbocycles. The topological polar surface area (TPSA) is 86.0 Å². The molecular weight excluding hydrogens is 270 g/mol. The van der Waals surface area contributed by atoms with E-state index in [1.807, 2.05) is 0 Å². The van der Waals surface area contributed by atoms with E-state index < -0.39 is 4.92 Å². The van der Waals surface area contributed by atoms with Gasteiger partial charge >= 0.3 is 0 Å². The highest BCUT2D eigenvalue weighted by molar-refractivity contribution is 5.97. The number of nitrogens with zero attached hydrogens (tertiary/aromatic N) is 3. The minimum absolute atomic E-state index is 0.00196. The number of non-ortho nitro benzene ring substituents is 1. The van der Waals surface area contributed by atoms with Gasteiger partial charge in [-0.1, -0.05) is 12.1 Å². The largest absolute Gasteiger partial charge is 0.294 e. The Bertz CT molecular complexity index is 728. The van der Waals surface area contributed by atoms with Crippen molar-refractivity contribution in [2.75, 3.05) is 0 Å². The third-order valence-corrected chi connectivity index (χ3v) is 3.55. The van der Waals surface area contributed by atoms with E-state index in [1.54, 1.807) is 18.3 Å². The average molecular weight is 283 g/mol. The second-order valence-electron chi connectivity index (χ2n) is 4.99. The Hall–Kier alpha value is -2.63. The second kappa shape index (κ2) is 5.40. The van der Waals surface area contributed by atoms with E-state index >= 15 is 0 Å². The van der Waals surface area contributed by atoms with Crippen LogP contribution in [-0.4, -0.2) is 20.7 Å². The lowest BCUT2D eigenvalue weighted by molar-refractivity contribution is -0.384. The van der Waals surface area contributed by atoms with Crippen LogP contribution >= 0.6 is 0 Å². The molecule has 3 rings (SSSR count). The smallest absolute Gasteiger partial charge is 0.270 e. The van der Waals surface area contributed by atoms with Crippen molar-refractivity contribution in [3.05, 3.63) is 51.8 Å². The minimum Gasteiger partial charge on any atom is -0.294 e. The van der Waals surface area contributed by atoms with Crippen LogP contribution in [0.4, 0.5) is 5.69 Å². The summed E-state index contributed by atoms with van der Waals surface area (Å²) in [6.45, 7) is 0. The highest BCUT2D eigenvalue weighted by Gasteiger charge is 2.18. The van der Waals surface area contributed by atoms with Gasteiger partial charge in [0.05, 0.1) is 16.2 Å². The predicted molar refractivity (Wildman–Crippen MR) is 76.0 cm³/mol. The molecule has 0 amide bonds. The van der Waals surface area contributed by atoms with Gasteiger partial charge in [0.2, 0.25) is 0 Å². The number of ketones is 1. The first kappa shape index (κ1) is 13.4. The Kier molecular flexibility index (Phi) is 3.43. The van der Waals surface area contributed by atoms with Crippen LogP contribution in [-0.2, 0) is 6.42 Å². The van der Waals surface area contributed by atoms with Crippen molar-refractivity contribution in [1.82, 2.24) is 9.97 Å². The summed E-state index contributed by atoms with van der Waals surface area (Å²) in [5, 5.41) is 10.8. The normalized spacial score (nSPS) is 14.4. The SMILES string of the molecule is O=C1CCCCc2nc(-c3cccc([N+](=O)[O-])c3)ncc21. The predicted octanol–water partition coefficient (Wildman–Crippen LogP) is 2.96. The lowest BCUT2D eigenvalue weighted by atomic mass is 10.1. The van der Waals surface area contributed by atoms with Crippen molar-refractivity contribution in [2.24, 2.45) is 0 Å². The molecule has 0 bridgehead atoms. The fraction of sp³-hybridized carbons (Fsp3) is 0.267. The van der Waals surface area contributed by atoms with E-state index in [0.717, 1.165) is 25.0 Å². The summed E-state index contributed by atoms with van der Waals surface area (Å²) >= 11 is 0. The lowest BCUT2D eigenvalue weighted by Gasteiger charge is -2.06. The number of aryl methyl sites for hydroxylation is 1. The molecule has 2 aromatic rings. The van der Waals surface area contributed by atoms with Crippen LogP contribution in [0.1, 0.15) is 35.3 Å². The number of Topliss-reactive ketones (excluding diaryl/α,β-unsaturated/α-hetero) is 1. The fourth-order valence-corrected chi connectivity index (χ4v) is 2.45. The maximum atomic E-state index is 11.9. The van der Waals surface area contributed by atoms with Gasteiger partial charge in [-0.15, -0.1) is 0 Å². The number of rotatable bonds is 2. The fourth-order valence-electron chi connectivity index (χ4n) is 2.45. The average Bonchev–Trinajstić information content (AvgIpc) is 2.69. The van der Waals surface area contributed by atoms with Gasteiger partial charge in [0.25, 0.3) is 5.69 Å². The molecule has 0 aliphatic heterocycles. The molecule has 0 spiro atoms. The summed E-state index contributed by atoms with van der Waals surface area (Å²) in [6.07, 6.45) is 4.60. The molecule has 106 valence electrons. The van der Waals surface area contributed by atoms with Gasteiger partial charge in [-0.25, -0.2) is 9.97 Å². The highest BCUT2D eigenvalue weighted by atomic mass is 16.6. The van der Waals surface area contributed by atoms with Crippen LogP contribution in [0.2, 0.25) is 0 Å². The Morgan fingerprint density at radius 1 is 1.19 bits per heavy atom. The van der Waals surface area contributed by atoms with E-state index in [1.165, 1.54) is 12.1 Å². The van der Waals surface area contributed by atoms with E-state index in [0.29, 0.717) is 23.4 Å². The van der Waals surface area contributed by atoms with Crippen LogP contribution in [0.15, 0.2) is 30.5 Å². The second-order valence-corrected chi connectivity index (χ2v) is 4.99. The van der Waals surface area contributed by atoms with Gasteiger partial charge in [0.15, 0.2) is 11.6 Å². The number of carbonyl (C=O) groups excluding carboxylic acids is 1. The molecule has 0 unspecified atom stereocenters. The molecule has 1 aromatic carbocycles. The van der Waals surface area contributed by atoms with Crippen LogP contribution < -0.4 is 0 Å². The molecule has 0 fully saturated rings. The van der Waals surface area contributed by atoms with Crippen LogP contribution in [0.3, 0.4) is 0 Å². The van der Waals surface area contributed by atoms with Crippen molar-refractivity contribution >= 4 is 11.5 Å². The maximum Gasteiger partial charge on any atom is 0.270 e. The third kappa shape index (κ3) is 2.65. The van der Waals surface area contributed by atoms with Crippen molar-refractivity contribution in [3.8, 4) is 11.4 Å². The molecule has 1 aromatic heterocycles. The first-order valence-corrected chi connectivity index (χ1v) is 6.79. The van der Waals surface area contributed by atoms with Crippen LogP contribution in [0.25, 0.3) is 11.4 Å². The Morgan fingerprint density at radius 3 is 2.81 bits per heavy atom. The molecule has 0 saturated heterocycles. The van der Waals surface area contributed by atoms with Crippen molar-refractivity contribution in [3.63, 3.8) is 0 Å². The number of nitro groups is 1. The van der Waals surface area contributed by atoms with Crippen molar-refractivity contribution in [2.45, 2.75) is 25.7 Å². The molecule has 6 heteroatoms. The van der Waals surface area contributed by atoms with Gasteiger partial charge in [0, 0.05) is 30.3 Å².